The number of anilines is 1. The maximum atomic E-state index is 13.8. The summed E-state index contributed by atoms with van der Waals surface area (Å²) in [7, 11) is 0. The Morgan fingerprint density at radius 1 is 1.17 bits per heavy atom. The lowest BCUT2D eigenvalue weighted by Crippen LogP contribution is -2.34. The standard InChI is InChI=1S/C22H23FN4O2/c1-15(23)13-22(2,19-8-3-4-11-24-19)14-25-20-10-9-18(26-27-20)16-6-5-7-17(12-16)21(28)29/h3-12,15H,13-14H2,1-2H3,(H,25,27)(H,28,29)/t15-,22-/m0/s1. The Morgan fingerprint density at radius 3 is 2.62 bits per heavy atom. The molecule has 7 heteroatoms. The summed E-state index contributed by atoms with van der Waals surface area (Å²) in [5.41, 5.74) is 1.74. The zero-order valence-corrected chi connectivity index (χ0v) is 16.3. The molecule has 0 aliphatic heterocycles. The smallest absolute Gasteiger partial charge is 0.335 e. The molecule has 2 aromatic heterocycles. The molecule has 0 bridgehead atoms. The summed E-state index contributed by atoms with van der Waals surface area (Å²) in [6.45, 7) is 3.96. The van der Waals surface area contributed by atoms with Crippen LogP contribution in [-0.2, 0) is 5.41 Å². The molecule has 0 aliphatic carbocycles. The summed E-state index contributed by atoms with van der Waals surface area (Å²) in [6, 6.07) is 15.7. The van der Waals surface area contributed by atoms with E-state index >= 15 is 0 Å². The van der Waals surface area contributed by atoms with E-state index in [9.17, 15) is 9.18 Å². The highest BCUT2D eigenvalue weighted by Gasteiger charge is 2.30. The molecule has 0 radical (unpaired) electrons. The van der Waals surface area contributed by atoms with Crippen LogP contribution in [0.2, 0.25) is 0 Å². The second-order valence-corrected chi connectivity index (χ2v) is 7.30. The van der Waals surface area contributed by atoms with Gasteiger partial charge in [-0.2, -0.15) is 0 Å². The number of halogens is 1. The van der Waals surface area contributed by atoms with Crippen molar-refractivity contribution in [2.24, 2.45) is 0 Å². The Kier molecular flexibility index (Phi) is 6.16. The summed E-state index contributed by atoms with van der Waals surface area (Å²) in [5.74, 6) is -0.439. The van der Waals surface area contributed by atoms with E-state index in [1.165, 1.54) is 6.07 Å². The SMILES string of the molecule is C[C@H](F)C[C@@](C)(CNc1ccc(-c2cccc(C(=O)O)c2)nn1)c1ccccn1. The molecule has 0 unspecified atom stereocenters. The first kappa shape index (κ1) is 20.4. The van der Waals surface area contributed by atoms with Gasteiger partial charge in [0.15, 0.2) is 0 Å². The highest BCUT2D eigenvalue weighted by Crippen LogP contribution is 2.29. The molecule has 0 saturated heterocycles. The van der Waals surface area contributed by atoms with E-state index in [-0.39, 0.29) is 5.56 Å². The highest BCUT2D eigenvalue weighted by molar-refractivity contribution is 5.89. The van der Waals surface area contributed by atoms with Crippen LogP contribution in [0.25, 0.3) is 11.3 Å². The van der Waals surface area contributed by atoms with Crippen LogP contribution in [0, 0.1) is 0 Å². The highest BCUT2D eigenvalue weighted by atomic mass is 19.1. The molecule has 2 heterocycles. The van der Waals surface area contributed by atoms with Gasteiger partial charge in [0.25, 0.3) is 0 Å². The van der Waals surface area contributed by atoms with Crippen LogP contribution < -0.4 is 5.32 Å². The molecule has 6 nitrogen and oxygen atoms in total. The normalized spacial score (nSPS) is 14.0. The van der Waals surface area contributed by atoms with Gasteiger partial charge in [0, 0.05) is 29.4 Å². The fourth-order valence-corrected chi connectivity index (χ4v) is 3.29. The number of rotatable bonds is 8. The topological polar surface area (TPSA) is 88.0 Å². The van der Waals surface area contributed by atoms with Crippen molar-refractivity contribution in [1.82, 2.24) is 15.2 Å². The summed E-state index contributed by atoms with van der Waals surface area (Å²) < 4.78 is 13.8. The lowest BCUT2D eigenvalue weighted by Gasteiger charge is -2.30. The van der Waals surface area contributed by atoms with Gasteiger partial charge in [-0.3, -0.25) is 4.98 Å². The molecule has 0 saturated carbocycles. The zero-order chi connectivity index (χ0) is 20.9. The first-order chi connectivity index (χ1) is 13.9. The molecular formula is C22H23FN4O2. The molecule has 0 spiro atoms. The van der Waals surface area contributed by atoms with Gasteiger partial charge >= 0.3 is 5.97 Å². The Morgan fingerprint density at radius 2 is 2.00 bits per heavy atom. The minimum atomic E-state index is -0.992. The zero-order valence-electron chi connectivity index (χ0n) is 16.3. The summed E-state index contributed by atoms with van der Waals surface area (Å²) in [5, 5.41) is 20.7. The number of hydrogen-bond acceptors (Lipinski definition) is 5. The van der Waals surface area contributed by atoms with Crippen LogP contribution in [0.1, 0.15) is 36.3 Å². The van der Waals surface area contributed by atoms with Crippen LogP contribution in [-0.4, -0.2) is 39.0 Å². The van der Waals surface area contributed by atoms with Gasteiger partial charge in [-0.15, -0.1) is 10.2 Å². The van der Waals surface area contributed by atoms with Crippen molar-refractivity contribution in [2.75, 3.05) is 11.9 Å². The van der Waals surface area contributed by atoms with E-state index < -0.39 is 17.6 Å². The molecule has 0 amide bonds. The molecule has 2 atom stereocenters. The molecule has 0 fully saturated rings. The molecule has 0 aliphatic rings. The number of benzene rings is 1. The van der Waals surface area contributed by atoms with E-state index in [1.807, 2.05) is 25.1 Å². The van der Waals surface area contributed by atoms with Crippen LogP contribution in [0.15, 0.2) is 60.8 Å². The van der Waals surface area contributed by atoms with Gasteiger partial charge in [-0.25, -0.2) is 9.18 Å². The summed E-state index contributed by atoms with van der Waals surface area (Å²) in [6.07, 6.45) is 1.06. The van der Waals surface area contributed by atoms with Crippen LogP contribution >= 0.6 is 0 Å². The predicted molar refractivity (Wildman–Crippen MR) is 110 cm³/mol. The van der Waals surface area contributed by atoms with Crippen molar-refractivity contribution < 1.29 is 14.3 Å². The number of carbonyl (C=O) groups is 1. The van der Waals surface area contributed by atoms with Crippen molar-refractivity contribution in [3.05, 3.63) is 72.1 Å². The molecule has 3 aromatic rings. The number of alkyl halides is 1. The second kappa shape index (κ2) is 8.77. The van der Waals surface area contributed by atoms with Gasteiger partial charge < -0.3 is 10.4 Å². The third kappa shape index (κ3) is 5.13. The van der Waals surface area contributed by atoms with Crippen LogP contribution in [0.5, 0.6) is 0 Å². The molecule has 29 heavy (non-hydrogen) atoms. The second-order valence-electron chi connectivity index (χ2n) is 7.30. The Bertz CT molecular complexity index is 964. The molecule has 150 valence electrons. The largest absolute Gasteiger partial charge is 0.478 e. The fraction of sp³-hybridized carbons (Fsp3) is 0.273. The lowest BCUT2D eigenvalue weighted by atomic mass is 9.81. The van der Waals surface area contributed by atoms with E-state index in [0.717, 1.165) is 5.69 Å². The van der Waals surface area contributed by atoms with Crippen molar-refractivity contribution in [3.63, 3.8) is 0 Å². The third-order valence-corrected chi connectivity index (χ3v) is 4.74. The fourth-order valence-electron chi connectivity index (χ4n) is 3.29. The average Bonchev–Trinajstić information content (AvgIpc) is 2.73. The minimum absolute atomic E-state index is 0.193. The number of aromatic nitrogens is 3. The van der Waals surface area contributed by atoms with E-state index in [1.54, 1.807) is 43.5 Å². The molecule has 1 aromatic carbocycles. The predicted octanol–water partition coefficient (Wildman–Crippen LogP) is 4.35. The van der Waals surface area contributed by atoms with Crippen LogP contribution in [0.4, 0.5) is 10.2 Å². The number of aromatic carboxylic acids is 1. The monoisotopic (exact) mass is 394 g/mol. The first-order valence-corrected chi connectivity index (χ1v) is 9.34. The summed E-state index contributed by atoms with van der Waals surface area (Å²) >= 11 is 0. The molecular weight excluding hydrogens is 371 g/mol. The maximum Gasteiger partial charge on any atom is 0.335 e. The number of carboxylic acids is 1. The number of nitrogens with one attached hydrogen (secondary N) is 1. The number of nitrogens with zero attached hydrogens (tertiary/aromatic N) is 3. The molecule has 2 N–H and O–H groups in total. The van der Waals surface area contributed by atoms with E-state index in [2.05, 4.69) is 20.5 Å². The quantitative estimate of drug-likeness (QED) is 0.590. The lowest BCUT2D eigenvalue weighted by molar-refractivity contribution is 0.0697. The number of hydrogen-bond donors (Lipinski definition) is 2. The number of pyridine rings is 1. The van der Waals surface area contributed by atoms with Gasteiger partial charge in [0.05, 0.1) is 17.4 Å². The van der Waals surface area contributed by atoms with Crippen molar-refractivity contribution in [1.29, 1.82) is 0 Å². The van der Waals surface area contributed by atoms with Gasteiger partial charge in [-0.1, -0.05) is 25.1 Å². The van der Waals surface area contributed by atoms with Crippen molar-refractivity contribution >= 4 is 11.8 Å². The summed E-state index contributed by atoms with van der Waals surface area (Å²) in [4.78, 5) is 15.5. The molecule has 3 rings (SSSR count). The van der Waals surface area contributed by atoms with Gasteiger partial charge in [0.2, 0.25) is 0 Å². The Hall–Kier alpha value is -3.35. The third-order valence-electron chi connectivity index (χ3n) is 4.74. The van der Waals surface area contributed by atoms with Crippen LogP contribution in [0.3, 0.4) is 0 Å². The van der Waals surface area contributed by atoms with Gasteiger partial charge in [-0.05, 0) is 49.7 Å². The maximum absolute atomic E-state index is 13.8. The number of carboxylic acid groups (broad SMARTS) is 1. The average molecular weight is 394 g/mol. The van der Waals surface area contributed by atoms with Gasteiger partial charge in [0.1, 0.15) is 5.82 Å². The van der Waals surface area contributed by atoms with E-state index in [4.69, 9.17) is 5.11 Å². The first-order valence-electron chi connectivity index (χ1n) is 9.34. The minimum Gasteiger partial charge on any atom is -0.478 e. The van der Waals surface area contributed by atoms with Crippen molar-refractivity contribution in [2.45, 2.75) is 31.9 Å². The van der Waals surface area contributed by atoms with Crippen molar-refractivity contribution in [3.8, 4) is 11.3 Å². The Balaban J connectivity index is 1.75. The van der Waals surface area contributed by atoms with E-state index in [0.29, 0.717) is 30.0 Å². The Labute approximate surface area is 168 Å².